The van der Waals surface area contributed by atoms with Crippen LogP contribution in [0.2, 0.25) is 0 Å². The Balaban J connectivity index is 2.55. The molecular weight excluding hydrogens is 221 g/mol. The Bertz CT molecular complexity index is 331. The number of hydrogen-bond acceptors (Lipinski definition) is 3. The molecule has 0 saturated carbocycles. The van der Waals surface area contributed by atoms with E-state index in [2.05, 4.69) is 5.32 Å². The monoisotopic (exact) mass is 241 g/mol. The Kier molecular flexibility index (Phi) is 6.58. The molecule has 0 fully saturated rings. The highest BCUT2D eigenvalue weighted by Gasteiger charge is 2.04. The lowest BCUT2D eigenvalue weighted by atomic mass is 10.2. The smallest absolute Gasteiger partial charge is 0.123 e. The van der Waals surface area contributed by atoms with Gasteiger partial charge in [0, 0.05) is 32.2 Å². The van der Waals surface area contributed by atoms with Crippen LogP contribution in [0.25, 0.3) is 0 Å². The van der Waals surface area contributed by atoms with Crippen LogP contribution in [0.3, 0.4) is 0 Å². The molecule has 1 aromatic rings. The standard InChI is InChI=1S/C13H20FNO2/c1-3-15-10-11-9-12(14)5-6-13(11)17-8-4-7-16-2/h5-6,9,15H,3-4,7-8,10H2,1-2H3. The van der Waals surface area contributed by atoms with Crippen molar-refractivity contribution in [3.05, 3.63) is 29.6 Å². The summed E-state index contributed by atoms with van der Waals surface area (Å²) in [6.07, 6.45) is 0.828. The third-order valence-electron chi connectivity index (χ3n) is 2.34. The second-order valence-electron chi connectivity index (χ2n) is 3.73. The van der Waals surface area contributed by atoms with E-state index < -0.39 is 0 Å². The van der Waals surface area contributed by atoms with Crippen molar-refractivity contribution in [1.29, 1.82) is 0 Å². The van der Waals surface area contributed by atoms with E-state index in [9.17, 15) is 4.39 Å². The normalized spacial score (nSPS) is 10.5. The van der Waals surface area contributed by atoms with E-state index in [1.807, 2.05) is 6.92 Å². The van der Waals surface area contributed by atoms with Gasteiger partial charge in [-0.2, -0.15) is 0 Å². The van der Waals surface area contributed by atoms with Crippen molar-refractivity contribution < 1.29 is 13.9 Å². The Labute approximate surface area is 102 Å². The Morgan fingerprint density at radius 3 is 2.82 bits per heavy atom. The number of nitrogens with one attached hydrogen (secondary N) is 1. The van der Waals surface area contributed by atoms with Gasteiger partial charge in [-0.3, -0.25) is 0 Å². The number of hydrogen-bond donors (Lipinski definition) is 1. The summed E-state index contributed by atoms with van der Waals surface area (Å²) in [5.41, 5.74) is 0.851. The quantitative estimate of drug-likeness (QED) is 0.709. The topological polar surface area (TPSA) is 30.5 Å². The van der Waals surface area contributed by atoms with E-state index in [-0.39, 0.29) is 5.82 Å². The van der Waals surface area contributed by atoms with Crippen LogP contribution in [-0.2, 0) is 11.3 Å². The molecule has 0 aliphatic rings. The summed E-state index contributed by atoms with van der Waals surface area (Å²) in [7, 11) is 1.66. The molecule has 1 aromatic carbocycles. The summed E-state index contributed by atoms with van der Waals surface area (Å²) in [4.78, 5) is 0. The first-order valence-corrected chi connectivity index (χ1v) is 5.88. The van der Waals surface area contributed by atoms with Gasteiger partial charge in [0.1, 0.15) is 11.6 Å². The maximum atomic E-state index is 13.1. The van der Waals surface area contributed by atoms with Gasteiger partial charge in [0.05, 0.1) is 6.61 Å². The van der Waals surface area contributed by atoms with E-state index in [1.165, 1.54) is 12.1 Å². The predicted molar refractivity (Wildman–Crippen MR) is 65.8 cm³/mol. The van der Waals surface area contributed by atoms with Crippen LogP contribution in [-0.4, -0.2) is 26.9 Å². The van der Waals surface area contributed by atoms with Crippen molar-refractivity contribution in [2.75, 3.05) is 26.9 Å². The zero-order valence-corrected chi connectivity index (χ0v) is 10.5. The van der Waals surface area contributed by atoms with Crippen molar-refractivity contribution in [3.8, 4) is 5.75 Å². The highest BCUT2D eigenvalue weighted by atomic mass is 19.1. The fraction of sp³-hybridized carbons (Fsp3) is 0.538. The summed E-state index contributed by atoms with van der Waals surface area (Å²) in [5.74, 6) is 0.505. The summed E-state index contributed by atoms with van der Waals surface area (Å²) < 4.78 is 23.7. The molecule has 0 aromatic heterocycles. The minimum absolute atomic E-state index is 0.234. The molecular formula is C13H20FNO2. The summed E-state index contributed by atoms with van der Waals surface area (Å²) in [6, 6.07) is 4.60. The summed E-state index contributed by atoms with van der Waals surface area (Å²) in [6.45, 7) is 4.73. The van der Waals surface area contributed by atoms with Gasteiger partial charge in [-0.15, -0.1) is 0 Å². The van der Waals surface area contributed by atoms with E-state index in [1.54, 1.807) is 13.2 Å². The van der Waals surface area contributed by atoms with Crippen molar-refractivity contribution in [1.82, 2.24) is 5.32 Å². The van der Waals surface area contributed by atoms with E-state index in [0.29, 0.717) is 19.8 Å². The molecule has 0 heterocycles. The lowest BCUT2D eigenvalue weighted by Gasteiger charge is -2.11. The fourth-order valence-electron chi connectivity index (χ4n) is 1.47. The SMILES string of the molecule is CCNCc1cc(F)ccc1OCCCOC. The highest BCUT2D eigenvalue weighted by Crippen LogP contribution is 2.19. The van der Waals surface area contributed by atoms with E-state index >= 15 is 0 Å². The first kappa shape index (κ1) is 13.9. The van der Waals surface area contributed by atoms with Gasteiger partial charge < -0.3 is 14.8 Å². The Morgan fingerprint density at radius 1 is 1.29 bits per heavy atom. The summed E-state index contributed by atoms with van der Waals surface area (Å²) >= 11 is 0. The van der Waals surface area contributed by atoms with Crippen molar-refractivity contribution in [2.24, 2.45) is 0 Å². The molecule has 0 amide bonds. The molecule has 0 bridgehead atoms. The van der Waals surface area contributed by atoms with Gasteiger partial charge in [-0.05, 0) is 24.7 Å². The van der Waals surface area contributed by atoms with Crippen molar-refractivity contribution in [3.63, 3.8) is 0 Å². The molecule has 0 spiro atoms. The Morgan fingerprint density at radius 2 is 2.12 bits per heavy atom. The second kappa shape index (κ2) is 8.03. The summed E-state index contributed by atoms with van der Waals surface area (Å²) in [5, 5.41) is 3.16. The highest BCUT2D eigenvalue weighted by molar-refractivity contribution is 5.33. The number of halogens is 1. The van der Waals surface area contributed by atoms with Gasteiger partial charge >= 0.3 is 0 Å². The van der Waals surface area contributed by atoms with Crippen LogP contribution in [0.4, 0.5) is 4.39 Å². The predicted octanol–water partition coefficient (Wildman–Crippen LogP) is 2.35. The second-order valence-corrected chi connectivity index (χ2v) is 3.73. The van der Waals surface area contributed by atoms with Gasteiger partial charge in [0.2, 0.25) is 0 Å². The number of methoxy groups -OCH3 is 1. The first-order chi connectivity index (χ1) is 8.27. The molecule has 0 aliphatic heterocycles. The van der Waals surface area contributed by atoms with E-state index in [4.69, 9.17) is 9.47 Å². The van der Waals surface area contributed by atoms with Crippen LogP contribution >= 0.6 is 0 Å². The zero-order valence-electron chi connectivity index (χ0n) is 10.5. The van der Waals surface area contributed by atoms with Crippen LogP contribution in [0.15, 0.2) is 18.2 Å². The molecule has 3 nitrogen and oxygen atoms in total. The van der Waals surface area contributed by atoms with Gasteiger partial charge in [0.25, 0.3) is 0 Å². The van der Waals surface area contributed by atoms with Gasteiger partial charge in [0.15, 0.2) is 0 Å². The average molecular weight is 241 g/mol. The lowest BCUT2D eigenvalue weighted by Crippen LogP contribution is -2.13. The molecule has 1 N–H and O–H groups in total. The maximum Gasteiger partial charge on any atom is 0.123 e. The molecule has 0 saturated heterocycles. The lowest BCUT2D eigenvalue weighted by molar-refractivity contribution is 0.171. The Hall–Kier alpha value is -1.13. The molecule has 0 atom stereocenters. The molecule has 0 aliphatic carbocycles. The van der Waals surface area contributed by atoms with Crippen molar-refractivity contribution in [2.45, 2.75) is 19.9 Å². The van der Waals surface area contributed by atoms with Crippen molar-refractivity contribution >= 4 is 0 Å². The van der Waals surface area contributed by atoms with E-state index in [0.717, 1.165) is 24.3 Å². The molecule has 17 heavy (non-hydrogen) atoms. The van der Waals surface area contributed by atoms with Crippen LogP contribution in [0.1, 0.15) is 18.9 Å². The molecule has 0 radical (unpaired) electrons. The van der Waals surface area contributed by atoms with Gasteiger partial charge in [-0.1, -0.05) is 6.92 Å². The van der Waals surface area contributed by atoms with Crippen LogP contribution in [0.5, 0.6) is 5.75 Å². The first-order valence-electron chi connectivity index (χ1n) is 5.88. The van der Waals surface area contributed by atoms with Crippen LogP contribution in [0, 0.1) is 5.82 Å². The zero-order chi connectivity index (χ0) is 12.5. The molecule has 0 unspecified atom stereocenters. The number of rotatable bonds is 8. The maximum absolute atomic E-state index is 13.1. The average Bonchev–Trinajstić information content (AvgIpc) is 2.34. The minimum Gasteiger partial charge on any atom is -0.493 e. The fourth-order valence-corrected chi connectivity index (χ4v) is 1.47. The van der Waals surface area contributed by atoms with Crippen LogP contribution < -0.4 is 10.1 Å². The molecule has 96 valence electrons. The third kappa shape index (κ3) is 5.15. The number of ether oxygens (including phenoxy) is 2. The van der Waals surface area contributed by atoms with Gasteiger partial charge in [-0.25, -0.2) is 4.39 Å². The third-order valence-corrected chi connectivity index (χ3v) is 2.34. The molecule has 4 heteroatoms. The molecule has 1 rings (SSSR count). The minimum atomic E-state index is -0.234. The largest absolute Gasteiger partial charge is 0.493 e. The number of benzene rings is 1.